The van der Waals surface area contributed by atoms with Crippen molar-refractivity contribution in [3.63, 3.8) is 0 Å². The third kappa shape index (κ3) is 3.83. The zero-order valence-electron chi connectivity index (χ0n) is 12.3. The van der Waals surface area contributed by atoms with Crippen LogP contribution in [0.25, 0.3) is 0 Å². The minimum atomic E-state index is 0.546. The zero-order valence-corrected chi connectivity index (χ0v) is 14.7. The molecular weight excluding hydrogens is 318 g/mol. The van der Waals surface area contributed by atoms with Gasteiger partial charge in [-0.3, -0.25) is 0 Å². The summed E-state index contributed by atoms with van der Waals surface area (Å²) in [5.41, 5.74) is 0. The second-order valence-electron chi connectivity index (χ2n) is 6.09. The Morgan fingerprint density at radius 3 is 2.74 bits per heavy atom. The van der Waals surface area contributed by atoms with E-state index in [2.05, 4.69) is 53.5 Å². The Bertz CT molecular complexity index is 390. The second kappa shape index (κ2) is 7.24. The fourth-order valence-electron chi connectivity index (χ4n) is 3.19. The quantitative estimate of drug-likeness (QED) is 0.731. The molecule has 1 fully saturated rings. The van der Waals surface area contributed by atoms with E-state index < -0.39 is 0 Å². The van der Waals surface area contributed by atoms with Gasteiger partial charge in [-0.2, -0.15) is 0 Å². The molecule has 1 nitrogen and oxygen atoms in total. The molecule has 0 aromatic carbocycles. The molecule has 1 heterocycles. The zero-order chi connectivity index (χ0) is 13.8. The van der Waals surface area contributed by atoms with Crippen LogP contribution in [0.2, 0.25) is 0 Å². The van der Waals surface area contributed by atoms with Crippen LogP contribution in [0.4, 0.5) is 0 Å². The number of nitrogens with one attached hydrogen (secondary N) is 1. The van der Waals surface area contributed by atoms with Gasteiger partial charge in [0.15, 0.2) is 0 Å². The number of halogens is 1. The maximum atomic E-state index is 3.80. The van der Waals surface area contributed by atoms with E-state index in [1.54, 1.807) is 0 Å². The molecule has 0 spiro atoms. The summed E-state index contributed by atoms with van der Waals surface area (Å²) in [7, 11) is 0. The Morgan fingerprint density at radius 2 is 2.16 bits per heavy atom. The highest BCUT2D eigenvalue weighted by atomic mass is 79.9. The van der Waals surface area contributed by atoms with Crippen LogP contribution in [0, 0.1) is 17.8 Å². The van der Waals surface area contributed by atoms with Crippen molar-refractivity contribution in [1.82, 2.24) is 5.32 Å². The molecule has 0 amide bonds. The molecule has 108 valence electrons. The molecule has 0 saturated heterocycles. The van der Waals surface area contributed by atoms with Crippen molar-refractivity contribution in [1.29, 1.82) is 0 Å². The van der Waals surface area contributed by atoms with Gasteiger partial charge in [-0.25, -0.2) is 0 Å². The van der Waals surface area contributed by atoms with Crippen molar-refractivity contribution in [2.75, 3.05) is 6.54 Å². The lowest BCUT2D eigenvalue weighted by Gasteiger charge is -2.37. The summed E-state index contributed by atoms with van der Waals surface area (Å²) in [6, 6.07) is 2.74. The third-order valence-corrected chi connectivity index (χ3v) is 6.61. The largest absolute Gasteiger partial charge is 0.309 e. The van der Waals surface area contributed by atoms with Gasteiger partial charge in [-0.1, -0.05) is 27.2 Å². The number of hydrogen-bond donors (Lipinski definition) is 1. The summed E-state index contributed by atoms with van der Waals surface area (Å²) < 4.78 is 1.29. The molecule has 4 atom stereocenters. The van der Waals surface area contributed by atoms with Gasteiger partial charge in [-0.05, 0) is 70.9 Å². The van der Waals surface area contributed by atoms with Gasteiger partial charge < -0.3 is 5.32 Å². The lowest BCUT2D eigenvalue weighted by atomic mass is 9.73. The third-order valence-electron chi connectivity index (χ3n) is 4.65. The summed E-state index contributed by atoms with van der Waals surface area (Å²) in [6.45, 7) is 8.21. The van der Waals surface area contributed by atoms with Crippen molar-refractivity contribution in [2.45, 2.75) is 52.5 Å². The Hall–Kier alpha value is 0.140. The van der Waals surface area contributed by atoms with Crippen molar-refractivity contribution in [3.05, 3.63) is 20.8 Å². The van der Waals surface area contributed by atoms with Gasteiger partial charge >= 0.3 is 0 Å². The minimum absolute atomic E-state index is 0.546. The molecule has 1 saturated carbocycles. The first-order valence-electron chi connectivity index (χ1n) is 7.59. The van der Waals surface area contributed by atoms with Crippen LogP contribution in [0.1, 0.15) is 57.4 Å². The summed E-state index contributed by atoms with van der Waals surface area (Å²) in [5, 5.41) is 6.00. The molecular formula is C16H26BrNS. The highest BCUT2D eigenvalue weighted by Gasteiger charge is 2.32. The van der Waals surface area contributed by atoms with Crippen LogP contribution >= 0.6 is 27.3 Å². The smallest absolute Gasteiger partial charge is 0.0454 e. The fourth-order valence-corrected chi connectivity index (χ4v) is 4.98. The van der Waals surface area contributed by atoms with Gasteiger partial charge in [0.2, 0.25) is 0 Å². The monoisotopic (exact) mass is 343 g/mol. The predicted octanol–water partition coefficient (Wildman–Crippen LogP) is 5.62. The molecule has 1 aromatic rings. The second-order valence-corrected chi connectivity index (χ2v) is 7.89. The van der Waals surface area contributed by atoms with Crippen molar-refractivity contribution < 1.29 is 0 Å². The number of rotatable bonds is 5. The van der Waals surface area contributed by atoms with Gasteiger partial charge in [0.1, 0.15) is 0 Å². The molecule has 0 radical (unpaired) electrons. The maximum absolute atomic E-state index is 3.80. The van der Waals surface area contributed by atoms with E-state index in [0.717, 1.165) is 24.3 Å². The molecule has 1 aliphatic rings. The molecule has 0 bridgehead atoms. The highest BCUT2D eigenvalue weighted by molar-refractivity contribution is 9.10. The number of hydrogen-bond acceptors (Lipinski definition) is 2. The summed E-state index contributed by atoms with van der Waals surface area (Å²) in [4.78, 5) is 1.50. The normalized spacial score (nSPS) is 29.4. The minimum Gasteiger partial charge on any atom is -0.309 e. The lowest BCUT2D eigenvalue weighted by molar-refractivity contribution is 0.172. The van der Waals surface area contributed by atoms with Gasteiger partial charge in [-0.15, -0.1) is 11.3 Å². The van der Waals surface area contributed by atoms with Crippen LogP contribution in [0.3, 0.4) is 0 Å². The molecule has 19 heavy (non-hydrogen) atoms. The summed E-state index contributed by atoms with van der Waals surface area (Å²) in [5.74, 6) is 2.56. The van der Waals surface area contributed by atoms with Crippen LogP contribution < -0.4 is 5.32 Å². The summed E-state index contributed by atoms with van der Waals surface area (Å²) >= 11 is 5.62. The molecule has 4 unspecified atom stereocenters. The Balaban J connectivity index is 2.11. The van der Waals surface area contributed by atoms with E-state index in [9.17, 15) is 0 Å². The first-order valence-corrected chi connectivity index (χ1v) is 9.27. The predicted molar refractivity (Wildman–Crippen MR) is 88.7 cm³/mol. The van der Waals surface area contributed by atoms with E-state index in [4.69, 9.17) is 0 Å². The van der Waals surface area contributed by atoms with Crippen molar-refractivity contribution in [3.8, 4) is 0 Å². The first kappa shape index (κ1) is 15.5. The first-order chi connectivity index (χ1) is 9.13. The topological polar surface area (TPSA) is 12.0 Å². The fraction of sp³-hybridized carbons (Fsp3) is 0.750. The lowest BCUT2D eigenvalue weighted by Crippen LogP contribution is -2.33. The van der Waals surface area contributed by atoms with Crippen molar-refractivity contribution >= 4 is 27.3 Å². The van der Waals surface area contributed by atoms with E-state index in [-0.39, 0.29) is 0 Å². The SMILES string of the molecule is CCCNC(c1sccc1Br)C1CCC(C)C(C)C1. The molecule has 1 aromatic heterocycles. The van der Waals surface area contributed by atoms with E-state index in [0.29, 0.717) is 6.04 Å². The van der Waals surface area contributed by atoms with Crippen molar-refractivity contribution in [2.24, 2.45) is 17.8 Å². The maximum Gasteiger partial charge on any atom is 0.0454 e. The van der Waals surface area contributed by atoms with E-state index >= 15 is 0 Å². The van der Waals surface area contributed by atoms with E-state index in [1.165, 1.54) is 35.0 Å². The molecule has 1 N–H and O–H groups in total. The Labute approximate surface area is 130 Å². The van der Waals surface area contributed by atoms with Gasteiger partial charge in [0, 0.05) is 15.4 Å². The molecule has 2 rings (SSSR count). The molecule has 1 aliphatic carbocycles. The highest BCUT2D eigenvalue weighted by Crippen LogP contribution is 2.42. The molecule has 3 heteroatoms. The van der Waals surface area contributed by atoms with Crippen LogP contribution in [-0.4, -0.2) is 6.54 Å². The Morgan fingerprint density at radius 1 is 1.37 bits per heavy atom. The van der Waals surface area contributed by atoms with Crippen LogP contribution in [0.5, 0.6) is 0 Å². The van der Waals surface area contributed by atoms with Gasteiger partial charge in [0.05, 0.1) is 0 Å². The standard InChI is InChI=1S/C16H26BrNS/c1-4-8-18-15(16-14(17)7-9-19-16)13-6-5-11(2)12(3)10-13/h7,9,11-13,15,18H,4-6,8,10H2,1-3H3. The summed E-state index contributed by atoms with van der Waals surface area (Å²) in [6.07, 6.45) is 5.33. The van der Waals surface area contributed by atoms with E-state index in [1.807, 2.05) is 11.3 Å². The molecule has 0 aliphatic heterocycles. The Kier molecular flexibility index (Phi) is 5.91. The van der Waals surface area contributed by atoms with Crippen LogP contribution in [0.15, 0.2) is 15.9 Å². The van der Waals surface area contributed by atoms with Crippen LogP contribution in [-0.2, 0) is 0 Å². The number of thiophene rings is 1. The average Bonchev–Trinajstić information content (AvgIpc) is 2.80. The van der Waals surface area contributed by atoms with Gasteiger partial charge in [0.25, 0.3) is 0 Å². The average molecular weight is 344 g/mol.